The second-order valence-corrected chi connectivity index (χ2v) is 4.21. The Morgan fingerprint density at radius 1 is 1.26 bits per heavy atom. The average molecular weight is 255 g/mol. The van der Waals surface area contributed by atoms with Crippen molar-refractivity contribution in [3.63, 3.8) is 0 Å². The SMILES string of the molecule is CCc1ccc(OCc2cccnc2C(=N)N)cc1. The van der Waals surface area contributed by atoms with Crippen molar-refractivity contribution in [1.29, 1.82) is 5.41 Å². The van der Waals surface area contributed by atoms with Gasteiger partial charge in [-0.1, -0.05) is 25.1 Å². The van der Waals surface area contributed by atoms with E-state index in [2.05, 4.69) is 11.9 Å². The molecule has 0 aliphatic heterocycles. The van der Waals surface area contributed by atoms with Gasteiger partial charge in [-0.3, -0.25) is 10.4 Å². The van der Waals surface area contributed by atoms with Crippen molar-refractivity contribution >= 4 is 5.84 Å². The van der Waals surface area contributed by atoms with Gasteiger partial charge in [-0.15, -0.1) is 0 Å². The molecule has 0 unspecified atom stereocenters. The van der Waals surface area contributed by atoms with Crippen molar-refractivity contribution < 1.29 is 4.74 Å². The lowest BCUT2D eigenvalue weighted by Gasteiger charge is -2.09. The molecule has 4 nitrogen and oxygen atoms in total. The lowest BCUT2D eigenvalue weighted by molar-refractivity contribution is 0.305. The standard InChI is InChI=1S/C15H17N3O/c1-2-11-5-7-13(8-6-11)19-10-12-4-3-9-18-14(12)15(16)17/h3-9H,2,10H2,1H3,(H3,16,17). The van der Waals surface area contributed by atoms with E-state index in [-0.39, 0.29) is 5.84 Å². The van der Waals surface area contributed by atoms with Gasteiger partial charge in [0, 0.05) is 11.8 Å². The van der Waals surface area contributed by atoms with Crippen LogP contribution in [0.5, 0.6) is 5.75 Å². The molecule has 0 atom stereocenters. The number of nitrogens with two attached hydrogens (primary N) is 1. The lowest BCUT2D eigenvalue weighted by Crippen LogP contribution is -2.16. The number of nitrogen functional groups attached to an aromatic ring is 1. The summed E-state index contributed by atoms with van der Waals surface area (Å²) in [5.41, 5.74) is 8.06. The summed E-state index contributed by atoms with van der Waals surface area (Å²) >= 11 is 0. The van der Waals surface area contributed by atoms with Gasteiger partial charge in [0.05, 0.1) is 0 Å². The van der Waals surface area contributed by atoms with Crippen molar-refractivity contribution in [3.8, 4) is 5.75 Å². The predicted octanol–water partition coefficient (Wildman–Crippen LogP) is 2.51. The van der Waals surface area contributed by atoms with Gasteiger partial charge in [0.25, 0.3) is 0 Å². The number of aromatic nitrogens is 1. The first-order chi connectivity index (χ1) is 9.20. The van der Waals surface area contributed by atoms with E-state index < -0.39 is 0 Å². The number of hydrogen-bond donors (Lipinski definition) is 2. The fourth-order valence-corrected chi connectivity index (χ4v) is 1.78. The molecule has 0 saturated heterocycles. The number of pyridine rings is 1. The minimum Gasteiger partial charge on any atom is -0.489 e. The highest BCUT2D eigenvalue weighted by Crippen LogP contribution is 2.15. The van der Waals surface area contributed by atoms with Crippen molar-refractivity contribution in [1.82, 2.24) is 4.98 Å². The smallest absolute Gasteiger partial charge is 0.142 e. The van der Waals surface area contributed by atoms with E-state index in [0.29, 0.717) is 12.3 Å². The van der Waals surface area contributed by atoms with E-state index in [1.165, 1.54) is 5.56 Å². The summed E-state index contributed by atoms with van der Waals surface area (Å²) < 4.78 is 5.69. The predicted molar refractivity (Wildman–Crippen MR) is 75.4 cm³/mol. The van der Waals surface area contributed by atoms with Gasteiger partial charge < -0.3 is 10.5 Å². The number of hydrogen-bond acceptors (Lipinski definition) is 3. The van der Waals surface area contributed by atoms with Gasteiger partial charge in [-0.2, -0.15) is 0 Å². The molecule has 0 radical (unpaired) electrons. The Hall–Kier alpha value is -2.36. The Labute approximate surface area is 112 Å². The average Bonchev–Trinajstić information content (AvgIpc) is 2.46. The van der Waals surface area contributed by atoms with Crippen LogP contribution in [0.4, 0.5) is 0 Å². The molecule has 0 aliphatic rings. The summed E-state index contributed by atoms with van der Waals surface area (Å²) in [6, 6.07) is 11.7. The van der Waals surface area contributed by atoms with Gasteiger partial charge in [0.1, 0.15) is 23.9 Å². The zero-order valence-electron chi connectivity index (χ0n) is 10.9. The molecule has 1 aromatic heterocycles. The second kappa shape index (κ2) is 6.00. The molecule has 2 aromatic rings. The summed E-state index contributed by atoms with van der Waals surface area (Å²) in [6.07, 6.45) is 2.63. The molecule has 0 fully saturated rings. The van der Waals surface area contributed by atoms with Crippen LogP contribution in [0.25, 0.3) is 0 Å². The van der Waals surface area contributed by atoms with Crippen LogP contribution in [0.1, 0.15) is 23.7 Å². The maximum Gasteiger partial charge on any atom is 0.142 e. The van der Waals surface area contributed by atoms with E-state index in [4.69, 9.17) is 15.9 Å². The largest absolute Gasteiger partial charge is 0.489 e. The van der Waals surface area contributed by atoms with Crippen LogP contribution < -0.4 is 10.5 Å². The Kier molecular flexibility index (Phi) is 4.13. The maximum atomic E-state index is 7.47. The molecule has 98 valence electrons. The Balaban J connectivity index is 2.07. The normalized spacial score (nSPS) is 10.2. The van der Waals surface area contributed by atoms with Crippen LogP contribution in [0.3, 0.4) is 0 Å². The fraction of sp³-hybridized carbons (Fsp3) is 0.200. The third kappa shape index (κ3) is 3.31. The summed E-state index contributed by atoms with van der Waals surface area (Å²) in [7, 11) is 0. The zero-order chi connectivity index (χ0) is 13.7. The van der Waals surface area contributed by atoms with Crippen LogP contribution in [-0.4, -0.2) is 10.8 Å². The molecular formula is C15H17N3O. The van der Waals surface area contributed by atoms with Gasteiger partial charge >= 0.3 is 0 Å². The summed E-state index contributed by atoms with van der Waals surface area (Å²) in [5.74, 6) is 0.760. The summed E-state index contributed by atoms with van der Waals surface area (Å²) in [5, 5.41) is 7.47. The Morgan fingerprint density at radius 2 is 2.00 bits per heavy atom. The molecule has 0 amide bonds. The van der Waals surface area contributed by atoms with Crippen molar-refractivity contribution in [2.24, 2.45) is 5.73 Å². The van der Waals surface area contributed by atoms with E-state index in [9.17, 15) is 0 Å². The highest BCUT2D eigenvalue weighted by Gasteiger charge is 2.06. The van der Waals surface area contributed by atoms with E-state index in [0.717, 1.165) is 17.7 Å². The van der Waals surface area contributed by atoms with E-state index in [1.54, 1.807) is 6.20 Å². The monoisotopic (exact) mass is 255 g/mol. The number of aryl methyl sites for hydroxylation is 1. The number of benzene rings is 1. The molecule has 19 heavy (non-hydrogen) atoms. The fourth-order valence-electron chi connectivity index (χ4n) is 1.78. The van der Waals surface area contributed by atoms with E-state index >= 15 is 0 Å². The molecule has 0 aliphatic carbocycles. The second-order valence-electron chi connectivity index (χ2n) is 4.21. The van der Waals surface area contributed by atoms with Crippen LogP contribution >= 0.6 is 0 Å². The minimum atomic E-state index is -0.0412. The molecule has 2 rings (SSSR count). The third-order valence-electron chi connectivity index (χ3n) is 2.87. The minimum absolute atomic E-state index is 0.0412. The maximum absolute atomic E-state index is 7.47. The van der Waals surface area contributed by atoms with Crippen LogP contribution in [0.15, 0.2) is 42.6 Å². The summed E-state index contributed by atoms with van der Waals surface area (Å²) in [4.78, 5) is 4.09. The number of rotatable bonds is 5. The number of nitrogens with one attached hydrogen (secondary N) is 1. The van der Waals surface area contributed by atoms with Crippen LogP contribution in [0, 0.1) is 5.41 Å². The number of ether oxygens (including phenoxy) is 1. The lowest BCUT2D eigenvalue weighted by atomic mass is 10.1. The van der Waals surface area contributed by atoms with E-state index in [1.807, 2.05) is 36.4 Å². The Bertz CT molecular complexity index is 564. The number of nitrogens with zero attached hydrogens (tertiary/aromatic N) is 1. The molecule has 4 heteroatoms. The van der Waals surface area contributed by atoms with Gasteiger partial charge in [-0.05, 0) is 30.2 Å². The Morgan fingerprint density at radius 3 is 2.63 bits per heavy atom. The van der Waals surface area contributed by atoms with Crippen LogP contribution in [0.2, 0.25) is 0 Å². The highest BCUT2D eigenvalue weighted by molar-refractivity contribution is 5.94. The molecule has 3 N–H and O–H groups in total. The summed E-state index contributed by atoms with van der Waals surface area (Å²) in [6.45, 7) is 2.47. The molecule has 0 spiro atoms. The highest BCUT2D eigenvalue weighted by atomic mass is 16.5. The van der Waals surface area contributed by atoms with Gasteiger partial charge in [0.15, 0.2) is 0 Å². The first-order valence-electron chi connectivity index (χ1n) is 6.20. The van der Waals surface area contributed by atoms with Crippen molar-refractivity contribution in [2.45, 2.75) is 20.0 Å². The quantitative estimate of drug-likeness (QED) is 0.637. The molecule has 0 bridgehead atoms. The van der Waals surface area contributed by atoms with Crippen molar-refractivity contribution in [2.75, 3.05) is 0 Å². The third-order valence-corrected chi connectivity index (χ3v) is 2.87. The molecule has 0 saturated carbocycles. The molecule has 1 aromatic carbocycles. The van der Waals surface area contributed by atoms with Gasteiger partial charge in [-0.25, -0.2) is 0 Å². The number of amidine groups is 1. The van der Waals surface area contributed by atoms with Crippen molar-refractivity contribution in [3.05, 3.63) is 59.4 Å². The first kappa shape index (κ1) is 13.1. The molecule has 1 heterocycles. The molecular weight excluding hydrogens is 238 g/mol. The first-order valence-corrected chi connectivity index (χ1v) is 6.20. The van der Waals surface area contributed by atoms with Crippen LogP contribution in [-0.2, 0) is 13.0 Å². The zero-order valence-corrected chi connectivity index (χ0v) is 10.9. The topological polar surface area (TPSA) is 72.0 Å². The van der Waals surface area contributed by atoms with Gasteiger partial charge in [0.2, 0.25) is 0 Å².